The highest BCUT2D eigenvalue weighted by Crippen LogP contribution is 2.36. The first-order valence-electron chi connectivity index (χ1n) is 11.2. The zero-order valence-electron chi connectivity index (χ0n) is 18.2. The number of nitrogens with two attached hydrogens (primary N) is 1. The van der Waals surface area contributed by atoms with Crippen molar-refractivity contribution in [2.75, 3.05) is 31.2 Å². The number of nitrogens with zero attached hydrogens (tertiary/aromatic N) is 5. The number of aromatic nitrogens is 4. The maximum atomic E-state index is 11.5. The molecule has 1 saturated heterocycles. The first-order chi connectivity index (χ1) is 15.6. The zero-order chi connectivity index (χ0) is 22.1. The number of carbonyl (C=O) groups excluding carboxylic acids is 1. The Morgan fingerprint density at radius 3 is 2.69 bits per heavy atom. The first kappa shape index (κ1) is 20.7. The van der Waals surface area contributed by atoms with Gasteiger partial charge in [0.1, 0.15) is 23.6 Å². The van der Waals surface area contributed by atoms with E-state index in [1.807, 2.05) is 13.1 Å². The van der Waals surface area contributed by atoms with E-state index in [0.29, 0.717) is 11.7 Å². The fraction of sp³-hybridized carbons (Fsp3) is 0.478. The average molecular weight is 437 g/mol. The molecule has 168 valence electrons. The molecule has 2 aromatic heterocycles. The molecule has 5 rings (SSSR count). The molecule has 1 aliphatic heterocycles. The van der Waals surface area contributed by atoms with Crippen LogP contribution in [0.1, 0.15) is 48.0 Å². The molecule has 1 amide bonds. The number of hydrogen-bond donors (Lipinski definition) is 1. The Labute approximate surface area is 186 Å². The lowest BCUT2D eigenvalue weighted by Crippen LogP contribution is -2.36. The van der Waals surface area contributed by atoms with Crippen molar-refractivity contribution in [2.24, 2.45) is 5.73 Å². The van der Waals surface area contributed by atoms with Crippen molar-refractivity contribution >= 4 is 22.5 Å². The summed E-state index contributed by atoms with van der Waals surface area (Å²) in [6.07, 6.45) is 9.06. The van der Waals surface area contributed by atoms with Gasteiger partial charge in [-0.3, -0.25) is 4.79 Å². The number of primary amides is 1. The predicted molar refractivity (Wildman–Crippen MR) is 120 cm³/mol. The fourth-order valence-corrected chi connectivity index (χ4v) is 4.73. The minimum absolute atomic E-state index is 0.119. The molecular weight excluding hydrogens is 408 g/mol. The maximum absolute atomic E-state index is 11.5. The molecule has 0 atom stereocenters. The van der Waals surface area contributed by atoms with Gasteiger partial charge in [-0.25, -0.2) is 15.0 Å². The second-order valence-corrected chi connectivity index (χ2v) is 8.49. The molecule has 2 fully saturated rings. The largest absolute Gasteiger partial charge is 0.490 e. The predicted octanol–water partition coefficient (Wildman–Crippen LogP) is 2.63. The van der Waals surface area contributed by atoms with Crippen LogP contribution in [0.4, 0.5) is 5.69 Å². The number of amides is 1. The van der Waals surface area contributed by atoms with Crippen molar-refractivity contribution < 1.29 is 14.3 Å². The van der Waals surface area contributed by atoms with E-state index in [0.717, 1.165) is 80.2 Å². The molecule has 0 spiro atoms. The van der Waals surface area contributed by atoms with Crippen molar-refractivity contribution in [1.82, 2.24) is 19.5 Å². The van der Waals surface area contributed by atoms with Crippen molar-refractivity contribution in [3.05, 3.63) is 42.4 Å². The number of carbonyl (C=O) groups is 1. The number of imidazole rings is 1. The van der Waals surface area contributed by atoms with Crippen LogP contribution in [-0.2, 0) is 4.74 Å². The molecule has 32 heavy (non-hydrogen) atoms. The number of hydrogen-bond acceptors (Lipinski definition) is 7. The first-order valence-corrected chi connectivity index (χ1v) is 11.2. The molecule has 9 heteroatoms. The van der Waals surface area contributed by atoms with Gasteiger partial charge in [-0.1, -0.05) is 0 Å². The SMILES string of the molecule is Cc1nc(C(N)=O)cn1C1CCC(Oc2cc(N3CCOCC3)cc3ncncc23)CC1. The van der Waals surface area contributed by atoms with Crippen LogP contribution in [0.25, 0.3) is 10.9 Å². The molecule has 2 aliphatic rings. The lowest BCUT2D eigenvalue weighted by molar-refractivity contribution is 0.0995. The van der Waals surface area contributed by atoms with Crippen LogP contribution in [0.5, 0.6) is 5.75 Å². The second kappa shape index (κ2) is 8.74. The van der Waals surface area contributed by atoms with Gasteiger partial charge in [0.05, 0.1) is 30.2 Å². The molecule has 1 aliphatic carbocycles. The average Bonchev–Trinajstić information content (AvgIpc) is 3.22. The molecule has 9 nitrogen and oxygen atoms in total. The monoisotopic (exact) mass is 436 g/mol. The summed E-state index contributed by atoms with van der Waals surface area (Å²) in [5, 5.41) is 0.934. The van der Waals surface area contributed by atoms with Gasteiger partial charge < -0.3 is 24.7 Å². The summed E-state index contributed by atoms with van der Waals surface area (Å²) in [5.41, 5.74) is 7.71. The molecule has 1 aromatic carbocycles. The highest BCUT2D eigenvalue weighted by molar-refractivity contribution is 5.90. The minimum Gasteiger partial charge on any atom is -0.490 e. The summed E-state index contributed by atoms with van der Waals surface area (Å²) in [6.45, 7) is 5.09. The molecule has 2 N–H and O–H groups in total. The Hall–Kier alpha value is -3.20. The van der Waals surface area contributed by atoms with Gasteiger partial charge in [0, 0.05) is 43.3 Å². The molecule has 1 saturated carbocycles. The van der Waals surface area contributed by atoms with Crippen LogP contribution in [0.15, 0.2) is 30.9 Å². The normalized spacial score (nSPS) is 21.6. The van der Waals surface area contributed by atoms with Gasteiger partial charge in [-0.15, -0.1) is 0 Å². The third-order valence-corrected chi connectivity index (χ3v) is 6.45. The quantitative estimate of drug-likeness (QED) is 0.655. The minimum atomic E-state index is -0.488. The van der Waals surface area contributed by atoms with Crippen LogP contribution in [0.2, 0.25) is 0 Å². The molecular formula is C23H28N6O3. The van der Waals surface area contributed by atoms with Gasteiger partial charge in [-0.05, 0) is 38.7 Å². The lowest BCUT2D eigenvalue weighted by atomic mass is 9.92. The van der Waals surface area contributed by atoms with E-state index in [2.05, 4.69) is 36.6 Å². The topological polar surface area (TPSA) is 108 Å². The number of aryl methyl sites for hydroxylation is 1. The summed E-state index contributed by atoms with van der Waals surface area (Å²) >= 11 is 0. The van der Waals surface area contributed by atoms with Crippen LogP contribution in [0.3, 0.4) is 0 Å². The van der Waals surface area contributed by atoms with Gasteiger partial charge in [0.25, 0.3) is 5.91 Å². The summed E-state index contributed by atoms with van der Waals surface area (Å²) in [6, 6.07) is 4.52. The Bertz CT molecular complexity index is 1120. The maximum Gasteiger partial charge on any atom is 0.268 e. The second-order valence-electron chi connectivity index (χ2n) is 8.49. The number of fused-ring (bicyclic) bond motifs is 1. The zero-order valence-corrected chi connectivity index (χ0v) is 18.2. The molecule has 0 bridgehead atoms. The summed E-state index contributed by atoms with van der Waals surface area (Å²) in [5.74, 6) is 1.17. The van der Waals surface area contributed by atoms with E-state index in [9.17, 15) is 4.79 Å². The third kappa shape index (κ3) is 4.12. The van der Waals surface area contributed by atoms with Gasteiger partial charge in [-0.2, -0.15) is 0 Å². The Kier molecular flexibility index (Phi) is 5.65. The fourth-order valence-electron chi connectivity index (χ4n) is 4.73. The van der Waals surface area contributed by atoms with Crippen molar-refractivity contribution in [3.8, 4) is 5.75 Å². The molecule has 3 heterocycles. The van der Waals surface area contributed by atoms with E-state index < -0.39 is 5.91 Å². The Morgan fingerprint density at radius 2 is 1.97 bits per heavy atom. The van der Waals surface area contributed by atoms with Crippen molar-refractivity contribution in [2.45, 2.75) is 44.8 Å². The highest BCUT2D eigenvalue weighted by atomic mass is 16.5. The third-order valence-electron chi connectivity index (χ3n) is 6.45. The molecule has 0 radical (unpaired) electrons. The van der Waals surface area contributed by atoms with E-state index in [-0.39, 0.29) is 6.10 Å². The van der Waals surface area contributed by atoms with Crippen LogP contribution < -0.4 is 15.4 Å². The standard InChI is InChI=1S/C23H28N6O3/c1-15-27-21(23(24)30)13-29(15)16-2-4-18(5-3-16)32-22-11-17(28-6-8-31-9-7-28)10-20-19(22)12-25-14-26-20/h10-14,16,18H,2-9H2,1H3,(H2,24,30). The number of benzene rings is 1. The van der Waals surface area contributed by atoms with Crippen LogP contribution in [0, 0.1) is 6.92 Å². The Balaban J connectivity index is 1.32. The van der Waals surface area contributed by atoms with E-state index in [1.54, 1.807) is 12.5 Å². The Morgan fingerprint density at radius 1 is 1.19 bits per heavy atom. The van der Waals surface area contributed by atoms with Gasteiger partial charge in [0.2, 0.25) is 0 Å². The van der Waals surface area contributed by atoms with E-state index in [4.69, 9.17) is 15.2 Å². The van der Waals surface area contributed by atoms with Crippen molar-refractivity contribution in [1.29, 1.82) is 0 Å². The number of rotatable bonds is 5. The van der Waals surface area contributed by atoms with Gasteiger partial charge >= 0.3 is 0 Å². The highest BCUT2D eigenvalue weighted by Gasteiger charge is 2.26. The van der Waals surface area contributed by atoms with Gasteiger partial charge in [0.15, 0.2) is 0 Å². The van der Waals surface area contributed by atoms with E-state index >= 15 is 0 Å². The summed E-state index contributed by atoms with van der Waals surface area (Å²) < 4.78 is 14.1. The molecule has 0 unspecified atom stereocenters. The van der Waals surface area contributed by atoms with Crippen LogP contribution >= 0.6 is 0 Å². The van der Waals surface area contributed by atoms with Crippen LogP contribution in [-0.4, -0.2) is 57.8 Å². The number of anilines is 1. The van der Waals surface area contributed by atoms with E-state index in [1.165, 1.54) is 0 Å². The summed E-state index contributed by atoms with van der Waals surface area (Å²) in [4.78, 5) is 26.7. The molecule has 3 aromatic rings. The van der Waals surface area contributed by atoms with Crippen molar-refractivity contribution in [3.63, 3.8) is 0 Å². The number of ether oxygens (including phenoxy) is 2. The number of morpholine rings is 1. The smallest absolute Gasteiger partial charge is 0.268 e. The lowest BCUT2D eigenvalue weighted by Gasteiger charge is -2.32. The summed E-state index contributed by atoms with van der Waals surface area (Å²) in [7, 11) is 0.